The Balaban J connectivity index is 1.64. The number of thiophene rings is 1. The van der Waals surface area contributed by atoms with Crippen molar-refractivity contribution in [2.45, 2.75) is 31.8 Å². The molecule has 8 heteroatoms. The number of carboxylic acid groups (broad SMARTS) is 1. The second-order valence-corrected chi connectivity index (χ2v) is 6.94. The van der Waals surface area contributed by atoms with Crippen molar-refractivity contribution in [2.24, 2.45) is 0 Å². The van der Waals surface area contributed by atoms with Crippen LogP contribution in [0.2, 0.25) is 0 Å². The zero-order valence-corrected chi connectivity index (χ0v) is 14.3. The summed E-state index contributed by atoms with van der Waals surface area (Å²) in [5, 5.41) is 14.6. The SMILES string of the molecule is Cc1nccn1C1(C(=O)O)CCN(C(=O)NCc2cccs2)CC1. The van der Waals surface area contributed by atoms with Crippen LogP contribution in [0.3, 0.4) is 0 Å². The summed E-state index contributed by atoms with van der Waals surface area (Å²) in [5.41, 5.74) is -1.02. The average Bonchev–Trinajstić information content (AvgIpc) is 3.24. The molecule has 0 aliphatic carbocycles. The van der Waals surface area contributed by atoms with Gasteiger partial charge in [0, 0.05) is 30.4 Å². The van der Waals surface area contributed by atoms with E-state index in [1.165, 1.54) is 0 Å². The van der Waals surface area contributed by atoms with E-state index >= 15 is 0 Å². The molecule has 1 aliphatic rings. The molecule has 2 amide bonds. The van der Waals surface area contributed by atoms with Crippen LogP contribution in [-0.2, 0) is 16.9 Å². The topological polar surface area (TPSA) is 87.5 Å². The van der Waals surface area contributed by atoms with Gasteiger partial charge in [0.25, 0.3) is 0 Å². The molecule has 0 atom stereocenters. The van der Waals surface area contributed by atoms with Gasteiger partial charge in [-0.2, -0.15) is 0 Å². The molecule has 1 aliphatic heterocycles. The highest BCUT2D eigenvalue weighted by Crippen LogP contribution is 2.31. The molecule has 2 N–H and O–H groups in total. The van der Waals surface area contributed by atoms with E-state index in [1.54, 1.807) is 40.1 Å². The van der Waals surface area contributed by atoms with E-state index in [9.17, 15) is 14.7 Å². The molecule has 3 heterocycles. The van der Waals surface area contributed by atoms with Crippen LogP contribution in [0, 0.1) is 6.92 Å². The lowest BCUT2D eigenvalue weighted by Crippen LogP contribution is -2.54. The number of carbonyl (C=O) groups is 2. The number of hydrogen-bond donors (Lipinski definition) is 2. The summed E-state index contributed by atoms with van der Waals surface area (Å²) in [6.07, 6.45) is 4.05. The number of aromatic nitrogens is 2. The third-order valence-corrected chi connectivity index (χ3v) is 5.43. The molecular weight excluding hydrogens is 328 g/mol. The van der Waals surface area contributed by atoms with Gasteiger partial charge < -0.3 is 19.9 Å². The molecule has 24 heavy (non-hydrogen) atoms. The summed E-state index contributed by atoms with van der Waals surface area (Å²) in [6, 6.07) is 3.77. The highest BCUT2D eigenvalue weighted by Gasteiger charge is 2.44. The largest absolute Gasteiger partial charge is 0.479 e. The Morgan fingerprint density at radius 3 is 2.71 bits per heavy atom. The Morgan fingerprint density at radius 2 is 2.17 bits per heavy atom. The van der Waals surface area contributed by atoms with Gasteiger partial charge in [0.2, 0.25) is 0 Å². The molecule has 0 bridgehead atoms. The zero-order chi connectivity index (χ0) is 17.2. The van der Waals surface area contributed by atoms with Crippen LogP contribution in [0.5, 0.6) is 0 Å². The third-order valence-electron chi connectivity index (χ3n) is 4.56. The maximum Gasteiger partial charge on any atom is 0.330 e. The minimum absolute atomic E-state index is 0.148. The Bertz CT molecular complexity index is 718. The van der Waals surface area contributed by atoms with Crippen LogP contribution in [0.25, 0.3) is 0 Å². The van der Waals surface area contributed by atoms with E-state index in [4.69, 9.17) is 0 Å². The second kappa shape index (κ2) is 6.64. The van der Waals surface area contributed by atoms with Crippen LogP contribution in [0.15, 0.2) is 29.9 Å². The monoisotopic (exact) mass is 348 g/mol. The molecule has 0 aromatic carbocycles. The van der Waals surface area contributed by atoms with Crippen LogP contribution < -0.4 is 5.32 Å². The van der Waals surface area contributed by atoms with Crippen LogP contribution in [0.1, 0.15) is 23.5 Å². The summed E-state index contributed by atoms with van der Waals surface area (Å²) in [6.45, 7) is 3.10. The van der Waals surface area contributed by atoms with E-state index in [0.717, 1.165) is 4.88 Å². The summed E-state index contributed by atoms with van der Waals surface area (Å²) in [4.78, 5) is 31.1. The number of aryl methyl sites for hydroxylation is 1. The van der Waals surface area contributed by atoms with E-state index in [1.807, 2.05) is 17.5 Å². The van der Waals surface area contributed by atoms with Gasteiger partial charge in [-0.1, -0.05) is 6.07 Å². The fraction of sp³-hybridized carbons (Fsp3) is 0.438. The molecule has 2 aromatic heterocycles. The third kappa shape index (κ3) is 3.01. The number of imidazole rings is 1. The first-order valence-electron chi connectivity index (χ1n) is 7.82. The lowest BCUT2D eigenvalue weighted by molar-refractivity contribution is -0.150. The Morgan fingerprint density at radius 1 is 1.42 bits per heavy atom. The van der Waals surface area contributed by atoms with Crippen molar-refractivity contribution in [1.29, 1.82) is 0 Å². The Hall–Kier alpha value is -2.35. The number of rotatable bonds is 4. The van der Waals surface area contributed by atoms with Crippen molar-refractivity contribution in [3.05, 3.63) is 40.6 Å². The molecule has 2 aromatic rings. The maximum atomic E-state index is 12.3. The fourth-order valence-electron chi connectivity index (χ4n) is 3.16. The van der Waals surface area contributed by atoms with Crippen molar-refractivity contribution >= 4 is 23.3 Å². The quantitative estimate of drug-likeness (QED) is 0.885. The van der Waals surface area contributed by atoms with Crippen molar-refractivity contribution < 1.29 is 14.7 Å². The van der Waals surface area contributed by atoms with Crippen molar-refractivity contribution in [3.63, 3.8) is 0 Å². The molecule has 0 saturated carbocycles. The number of amides is 2. The lowest BCUT2D eigenvalue weighted by Gasteiger charge is -2.40. The number of piperidine rings is 1. The smallest absolute Gasteiger partial charge is 0.330 e. The molecule has 0 unspecified atom stereocenters. The van der Waals surface area contributed by atoms with Gasteiger partial charge in [-0.05, 0) is 31.2 Å². The normalized spacial score (nSPS) is 16.8. The maximum absolute atomic E-state index is 12.3. The van der Waals surface area contributed by atoms with E-state index in [-0.39, 0.29) is 6.03 Å². The van der Waals surface area contributed by atoms with Crippen LogP contribution >= 0.6 is 11.3 Å². The number of urea groups is 1. The van der Waals surface area contributed by atoms with Gasteiger partial charge in [-0.3, -0.25) is 0 Å². The predicted octanol–water partition coefficient (Wildman–Crippen LogP) is 2.04. The molecule has 3 rings (SSSR count). The number of carboxylic acids is 1. The fourth-order valence-corrected chi connectivity index (χ4v) is 3.80. The molecule has 7 nitrogen and oxygen atoms in total. The molecule has 0 radical (unpaired) electrons. The number of carbonyl (C=O) groups excluding carboxylic acids is 1. The number of hydrogen-bond acceptors (Lipinski definition) is 4. The van der Waals surface area contributed by atoms with Gasteiger partial charge >= 0.3 is 12.0 Å². The van der Waals surface area contributed by atoms with E-state index in [0.29, 0.717) is 38.3 Å². The van der Waals surface area contributed by atoms with Gasteiger partial charge in [-0.25, -0.2) is 14.6 Å². The zero-order valence-electron chi connectivity index (χ0n) is 13.4. The highest BCUT2D eigenvalue weighted by atomic mass is 32.1. The second-order valence-electron chi connectivity index (χ2n) is 5.91. The highest BCUT2D eigenvalue weighted by molar-refractivity contribution is 7.09. The minimum Gasteiger partial charge on any atom is -0.479 e. The van der Waals surface area contributed by atoms with Crippen LogP contribution in [-0.4, -0.2) is 44.6 Å². The molecule has 1 saturated heterocycles. The Kier molecular flexibility index (Phi) is 4.57. The van der Waals surface area contributed by atoms with Crippen molar-refractivity contribution in [2.75, 3.05) is 13.1 Å². The number of nitrogens with zero attached hydrogens (tertiary/aromatic N) is 3. The molecule has 1 fully saturated rings. The summed E-state index contributed by atoms with van der Waals surface area (Å²) >= 11 is 1.59. The first-order chi connectivity index (χ1) is 11.5. The first-order valence-corrected chi connectivity index (χ1v) is 8.70. The van der Waals surface area contributed by atoms with Crippen molar-refractivity contribution in [1.82, 2.24) is 19.8 Å². The van der Waals surface area contributed by atoms with E-state index < -0.39 is 11.5 Å². The lowest BCUT2D eigenvalue weighted by atomic mass is 9.87. The van der Waals surface area contributed by atoms with Gasteiger partial charge in [0.15, 0.2) is 0 Å². The molecular formula is C16H20N4O3S. The number of likely N-dealkylation sites (tertiary alicyclic amines) is 1. The number of aliphatic carboxylic acids is 1. The van der Waals surface area contributed by atoms with Crippen LogP contribution in [0.4, 0.5) is 4.79 Å². The standard InChI is InChI=1S/C16H20N4O3S/c1-12-17-6-9-20(12)16(14(21)22)4-7-19(8-5-16)15(23)18-11-13-3-2-10-24-13/h2-3,6,9-10H,4-5,7-8,11H2,1H3,(H,18,23)(H,21,22). The molecule has 0 spiro atoms. The summed E-state index contributed by atoms with van der Waals surface area (Å²) in [7, 11) is 0. The molecule has 128 valence electrons. The number of nitrogens with one attached hydrogen (secondary N) is 1. The summed E-state index contributed by atoms with van der Waals surface area (Å²) < 4.78 is 1.72. The van der Waals surface area contributed by atoms with Gasteiger partial charge in [0.05, 0.1) is 6.54 Å². The first kappa shape index (κ1) is 16.5. The predicted molar refractivity (Wildman–Crippen MR) is 89.9 cm³/mol. The minimum atomic E-state index is -1.02. The van der Waals surface area contributed by atoms with Crippen molar-refractivity contribution in [3.8, 4) is 0 Å². The average molecular weight is 348 g/mol. The van der Waals surface area contributed by atoms with E-state index in [2.05, 4.69) is 10.3 Å². The summed E-state index contributed by atoms with van der Waals surface area (Å²) in [5.74, 6) is -0.199. The van der Waals surface area contributed by atoms with Gasteiger partial charge in [0.1, 0.15) is 11.4 Å². The Labute approximate surface area is 143 Å². The van der Waals surface area contributed by atoms with Gasteiger partial charge in [-0.15, -0.1) is 11.3 Å².